The fraction of sp³-hybridized carbons (Fsp3) is 0.545. The van der Waals surface area contributed by atoms with E-state index in [1.54, 1.807) is 0 Å². The Hall–Kier alpha value is -1.34. The fourth-order valence-corrected chi connectivity index (χ4v) is 1.60. The van der Waals surface area contributed by atoms with E-state index in [9.17, 15) is 9.59 Å². The highest BCUT2D eigenvalue weighted by molar-refractivity contribution is 8.00. The second kappa shape index (κ2) is 6.01. The molecular weight excluding hydrogens is 252 g/mol. The summed E-state index contributed by atoms with van der Waals surface area (Å²) in [5.41, 5.74) is 6.13. The largest absolute Gasteiger partial charge is 0.349 e. The van der Waals surface area contributed by atoms with Gasteiger partial charge in [-0.2, -0.15) is 11.8 Å². The van der Waals surface area contributed by atoms with Crippen molar-refractivity contribution in [3.8, 4) is 0 Å². The van der Waals surface area contributed by atoms with Gasteiger partial charge in [0, 0.05) is 10.8 Å². The first-order chi connectivity index (χ1) is 8.36. The Labute approximate surface area is 110 Å². The number of hydrogen-bond donors (Lipinski definition) is 3. The molecule has 1 aromatic rings. The molecule has 0 aliphatic carbocycles. The lowest BCUT2D eigenvalue weighted by Crippen LogP contribution is -2.51. The molecule has 1 heterocycles. The van der Waals surface area contributed by atoms with Crippen molar-refractivity contribution in [3.63, 3.8) is 0 Å². The molecule has 0 bridgehead atoms. The number of carbonyl (C=O) groups is 1. The molecule has 0 radical (unpaired) electrons. The lowest BCUT2D eigenvalue weighted by atomic mass is 10.0. The number of nitrogens with zero attached hydrogens (tertiary/aromatic N) is 1. The van der Waals surface area contributed by atoms with Crippen molar-refractivity contribution in [1.29, 1.82) is 0 Å². The van der Waals surface area contributed by atoms with Crippen molar-refractivity contribution >= 4 is 17.7 Å². The van der Waals surface area contributed by atoms with Gasteiger partial charge in [-0.1, -0.05) is 0 Å². The fourth-order valence-electron chi connectivity index (χ4n) is 1.24. The molecule has 0 aliphatic heterocycles. The summed E-state index contributed by atoms with van der Waals surface area (Å²) in [6.45, 7) is 4.02. The van der Waals surface area contributed by atoms with Crippen LogP contribution >= 0.6 is 11.8 Å². The van der Waals surface area contributed by atoms with Gasteiger partial charge in [0.2, 0.25) is 5.91 Å². The van der Waals surface area contributed by atoms with Crippen LogP contribution in [0, 0.1) is 0 Å². The Morgan fingerprint density at radius 1 is 1.67 bits per heavy atom. The van der Waals surface area contributed by atoms with Crippen LogP contribution in [0.3, 0.4) is 0 Å². The standard InChI is InChI=1S/C11H18N4O2S/c1-11(2,18-3)9(12)10(17)13-5-7-4-8(16)15-6-14-7/h4,6,9H,5,12H2,1-3H3,(H,13,17)(H,14,15,16)/t9-/m1/s1. The monoisotopic (exact) mass is 270 g/mol. The summed E-state index contributed by atoms with van der Waals surface area (Å²) in [5, 5.41) is 2.67. The van der Waals surface area contributed by atoms with Gasteiger partial charge in [-0.3, -0.25) is 9.59 Å². The molecule has 6 nitrogen and oxygen atoms in total. The molecule has 100 valence electrons. The summed E-state index contributed by atoms with van der Waals surface area (Å²) in [5.74, 6) is -0.253. The number of H-pyrrole nitrogens is 1. The first kappa shape index (κ1) is 14.7. The Bertz CT molecular complexity index is 472. The zero-order valence-corrected chi connectivity index (χ0v) is 11.5. The second-order valence-corrected chi connectivity index (χ2v) is 5.87. The highest BCUT2D eigenvalue weighted by Crippen LogP contribution is 2.24. The maximum atomic E-state index is 11.8. The number of carbonyl (C=O) groups excluding carboxylic acids is 1. The van der Waals surface area contributed by atoms with Crippen LogP contribution in [0.1, 0.15) is 19.5 Å². The number of thioether (sulfide) groups is 1. The first-order valence-corrected chi connectivity index (χ1v) is 6.71. The number of amides is 1. The van der Waals surface area contributed by atoms with Crippen molar-refractivity contribution in [1.82, 2.24) is 15.3 Å². The van der Waals surface area contributed by atoms with Crippen LogP contribution in [0.25, 0.3) is 0 Å². The van der Waals surface area contributed by atoms with E-state index >= 15 is 0 Å². The van der Waals surface area contributed by atoms with Gasteiger partial charge >= 0.3 is 0 Å². The van der Waals surface area contributed by atoms with Crippen molar-refractivity contribution in [2.24, 2.45) is 5.73 Å². The van der Waals surface area contributed by atoms with E-state index in [2.05, 4.69) is 15.3 Å². The van der Waals surface area contributed by atoms with Gasteiger partial charge in [0.25, 0.3) is 5.56 Å². The van der Waals surface area contributed by atoms with E-state index in [0.29, 0.717) is 5.69 Å². The minimum atomic E-state index is -0.616. The number of hydrogen-bond acceptors (Lipinski definition) is 5. The maximum Gasteiger partial charge on any atom is 0.250 e. The molecule has 0 aliphatic rings. The number of nitrogens with one attached hydrogen (secondary N) is 2. The van der Waals surface area contributed by atoms with Crippen LogP contribution in [0.15, 0.2) is 17.2 Å². The average molecular weight is 270 g/mol. The van der Waals surface area contributed by atoms with Crippen LogP contribution in [0.5, 0.6) is 0 Å². The lowest BCUT2D eigenvalue weighted by Gasteiger charge is -2.28. The minimum Gasteiger partial charge on any atom is -0.349 e. The number of rotatable bonds is 5. The van der Waals surface area contributed by atoms with E-state index in [1.165, 1.54) is 24.2 Å². The number of aromatic nitrogens is 2. The molecule has 1 rings (SSSR count). The normalized spacial score (nSPS) is 13.1. The molecule has 0 spiro atoms. The highest BCUT2D eigenvalue weighted by Gasteiger charge is 2.30. The van der Waals surface area contributed by atoms with E-state index in [0.717, 1.165) is 0 Å². The van der Waals surface area contributed by atoms with Crippen molar-refractivity contribution in [3.05, 3.63) is 28.4 Å². The molecule has 0 saturated heterocycles. The van der Waals surface area contributed by atoms with E-state index < -0.39 is 6.04 Å². The Kier molecular flexibility index (Phi) is 4.92. The molecule has 0 saturated carbocycles. The lowest BCUT2D eigenvalue weighted by molar-refractivity contribution is -0.123. The van der Waals surface area contributed by atoms with Gasteiger partial charge in [0.1, 0.15) is 0 Å². The van der Waals surface area contributed by atoms with Crippen molar-refractivity contribution in [2.75, 3.05) is 6.26 Å². The molecule has 4 N–H and O–H groups in total. The van der Waals surface area contributed by atoms with Crippen LogP contribution in [-0.2, 0) is 11.3 Å². The summed E-state index contributed by atoms with van der Waals surface area (Å²) in [6.07, 6.45) is 3.21. The van der Waals surface area contributed by atoms with Gasteiger partial charge in [-0.05, 0) is 20.1 Å². The first-order valence-electron chi connectivity index (χ1n) is 5.49. The van der Waals surface area contributed by atoms with Gasteiger partial charge in [0.15, 0.2) is 0 Å². The molecule has 1 amide bonds. The molecule has 1 atom stereocenters. The van der Waals surface area contributed by atoms with Crippen molar-refractivity contribution in [2.45, 2.75) is 31.2 Å². The Morgan fingerprint density at radius 3 is 2.89 bits per heavy atom. The zero-order valence-electron chi connectivity index (χ0n) is 10.7. The van der Waals surface area contributed by atoms with Gasteiger partial charge in [0.05, 0.1) is 24.6 Å². The van der Waals surface area contributed by atoms with Crippen LogP contribution in [0.2, 0.25) is 0 Å². The highest BCUT2D eigenvalue weighted by atomic mass is 32.2. The van der Waals surface area contributed by atoms with Crippen LogP contribution in [-0.4, -0.2) is 32.9 Å². The summed E-state index contributed by atoms with van der Waals surface area (Å²) in [7, 11) is 0. The van der Waals surface area contributed by atoms with Gasteiger partial charge in [-0.15, -0.1) is 0 Å². The quantitative estimate of drug-likeness (QED) is 0.691. The van der Waals surface area contributed by atoms with E-state index in [1.807, 2.05) is 20.1 Å². The third kappa shape index (κ3) is 3.85. The SMILES string of the molecule is CSC(C)(C)[C@H](N)C(=O)NCc1cc(=O)[nH]cn1. The minimum absolute atomic E-state index is 0.195. The molecule has 0 fully saturated rings. The molecule has 1 aromatic heterocycles. The summed E-state index contributed by atoms with van der Waals surface area (Å²) in [4.78, 5) is 29.2. The molecule has 0 aromatic carbocycles. The topological polar surface area (TPSA) is 101 Å². The summed E-state index contributed by atoms with van der Waals surface area (Å²) in [6, 6.07) is 0.723. The zero-order chi connectivity index (χ0) is 13.8. The predicted octanol–water partition coefficient (Wildman–Crippen LogP) is -0.145. The maximum absolute atomic E-state index is 11.8. The van der Waals surface area contributed by atoms with Gasteiger partial charge < -0.3 is 16.0 Å². The smallest absolute Gasteiger partial charge is 0.250 e. The average Bonchev–Trinajstić information content (AvgIpc) is 2.35. The summed E-state index contributed by atoms with van der Waals surface area (Å²) < 4.78 is -0.342. The van der Waals surface area contributed by atoms with Crippen molar-refractivity contribution < 1.29 is 4.79 Å². The molecular formula is C11H18N4O2S. The predicted molar refractivity (Wildman–Crippen MR) is 72.3 cm³/mol. The summed E-state index contributed by atoms with van der Waals surface area (Å²) >= 11 is 1.53. The van der Waals surface area contributed by atoms with E-state index in [-0.39, 0.29) is 22.8 Å². The number of aromatic amines is 1. The van der Waals surface area contributed by atoms with Gasteiger partial charge in [-0.25, -0.2) is 4.98 Å². The Morgan fingerprint density at radius 2 is 2.33 bits per heavy atom. The molecule has 18 heavy (non-hydrogen) atoms. The third-order valence-electron chi connectivity index (χ3n) is 2.74. The Balaban J connectivity index is 2.59. The second-order valence-electron chi connectivity index (χ2n) is 4.41. The van der Waals surface area contributed by atoms with E-state index in [4.69, 9.17) is 5.73 Å². The van der Waals surface area contributed by atoms with Crippen LogP contribution in [0.4, 0.5) is 0 Å². The third-order valence-corrected chi connectivity index (χ3v) is 4.04. The molecule has 0 unspecified atom stereocenters. The number of nitrogens with two attached hydrogens (primary N) is 1. The molecule has 7 heteroatoms. The van der Waals surface area contributed by atoms with Crippen LogP contribution < -0.4 is 16.6 Å².